The van der Waals surface area contributed by atoms with Gasteiger partial charge >= 0.3 is 5.97 Å². The van der Waals surface area contributed by atoms with Crippen molar-refractivity contribution in [2.24, 2.45) is 18.9 Å². The van der Waals surface area contributed by atoms with Gasteiger partial charge in [-0.25, -0.2) is 0 Å². The van der Waals surface area contributed by atoms with Crippen LogP contribution in [0, 0.1) is 11.8 Å². The van der Waals surface area contributed by atoms with Gasteiger partial charge < -0.3 is 15.0 Å². The Labute approximate surface area is 133 Å². The normalized spacial score (nSPS) is 20.4. The first-order valence-corrected chi connectivity index (χ1v) is 7.52. The SMILES string of the molecule is Cn1cnnc1-c1cccc(NC(=O)[C@@H]2CC[C@H](C(=O)O)C2)c1. The largest absolute Gasteiger partial charge is 0.481 e. The van der Waals surface area contributed by atoms with Crippen molar-refractivity contribution in [1.82, 2.24) is 14.8 Å². The fourth-order valence-corrected chi connectivity index (χ4v) is 2.97. The quantitative estimate of drug-likeness (QED) is 0.898. The second kappa shape index (κ2) is 6.20. The van der Waals surface area contributed by atoms with Crippen molar-refractivity contribution in [3.8, 4) is 11.4 Å². The standard InChI is InChI=1S/C16H18N4O3/c1-20-9-17-19-14(20)10-3-2-4-13(8-10)18-15(21)11-5-6-12(7-11)16(22)23/h2-4,8-9,11-12H,5-7H2,1H3,(H,18,21)(H,22,23)/t11-,12+/m1/s1. The fourth-order valence-electron chi connectivity index (χ4n) is 2.97. The second-order valence-electron chi connectivity index (χ2n) is 5.88. The molecule has 7 nitrogen and oxygen atoms in total. The zero-order chi connectivity index (χ0) is 16.4. The van der Waals surface area contributed by atoms with E-state index in [1.54, 1.807) is 17.0 Å². The molecule has 1 saturated carbocycles. The summed E-state index contributed by atoms with van der Waals surface area (Å²) in [6.45, 7) is 0. The fraction of sp³-hybridized carbons (Fsp3) is 0.375. The Morgan fingerprint density at radius 2 is 2.09 bits per heavy atom. The maximum absolute atomic E-state index is 12.3. The van der Waals surface area contributed by atoms with Gasteiger partial charge in [0.1, 0.15) is 6.33 Å². The molecule has 1 amide bonds. The predicted molar refractivity (Wildman–Crippen MR) is 83.5 cm³/mol. The van der Waals surface area contributed by atoms with E-state index in [1.165, 1.54) is 0 Å². The van der Waals surface area contributed by atoms with Gasteiger partial charge in [0.05, 0.1) is 5.92 Å². The molecule has 0 aliphatic heterocycles. The number of carbonyl (C=O) groups excluding carboxylic acids is 1. The number of carboxylic acids is 1. The molecule has 0 bridgehead atoms. The summed E-state index contributed by atoms with van der Waals surface area (Å²) in [5.74, 6) is -0.869. The monoisotopic (exact) mass is 314 g/mol. The number of carboxylic acid groups (broad SMARTS) is 1. The maximum atomic E-state index is 12.3. The Hall–Kier alpha value is -2.70. The number of carbonyl (C=O) groups is 2. The van der Waals surface area contributed by atoms with Crippen LogP contribution in [0.3, 0.4) is 0 Å². The first-order valence-electron chi connectivity index (χ1n) is 7.52. The van der Waals surface area contributed by atoms with E-state index in [4.69, 9.17) is 5.11 Å². The molecule has 1 aliphatic carbocycles. The van der Waals surface area contributed by atoms with E-state index in [1.807, 2.05) is 25.2 Å². The molecule has 23 heavy (non-hydrogen) atoms. The summed E-state index contributed by atoms with van der Waals surface area (Å²) in [6.07, 6.45) is 3.20. The van der Waals surface area contributed by atoms with Crippen LogP contribution in [0.1, 0.15) is 19.3 Å². The topological polar surface area (TPSA) is 97.1 Å². The van der Waals surface area contributed by atoms with Crippen LogP contribution in [-0.2, 0) is 16.6 Å². The highest BCUT2D eigenvalue weighted by Gasteiger charge is 2.33. The lowest BCUT2D eigenvalue weighted by Crippen LogP contribution is -2.21. The first-order chi connectivity index (χ1) is 11.0. The van der Waals surface area contributed by atoms with Crippen molar-refractivity contribution < 1.29 is 14.7 Å². The molecule has 0 saturated heterocycles. The molecular formula is C16H18N4O3. The first kappa shape index (κ1) is 15.2. The van der Waals surface area contributed by atoms with Gasteiger partial charge in [0.15, 0.2) is 5.82 Å². The summed E-state index contributed by atoms with van der Waals surface area (Å²) >= 11 is 0. The number of nitrogens with one attached hydrogen (secondary N) is 1. The number of amides is 1. The third kappa shape index (κ3) is 3.23. The lowest BCUT2D eigenvalue weighted by atomic mass is 10.0. The van der Waals surface area contributed by atoms with Crippen LogP contribution >= 0.6 is 0 Å². The van der Waals surface area contributed by atoms with Crippen LogP contribution in [0.2, 0.25) is 0 Å². The Morgan fingerprint density at radius 1 is 1.30 bits per heavy atom. The van der Waals surface area contributed by atoms with Gasteiger partial charge in [-0.3, -0.25) is 9.59 Å². The number of benzene rings is 1. The van der Waals surface area contributed by atoms with Gasteiger partial charge in [-0.05, 0) is 31.4 Å². The lowest BCUT2D eigenvalue weighted by molar-refractivity contribution is -0.141. The number of aliphatic carboxylic acids is 1. The Balaban J connectivity index is 1.70. The minimum Gasteiger partial charge on any atom is -0.481 e. The van der Waals surface area contributed by atoms with Gasteiger partial charge in [-0.15, -0.1) is 10.2 Å². The van der Waals surface area contributed by atoms with E-state index in [-0.39, 0.29) is 11.8 Å². The van der Waals surface area contributed by atoms with Gasteiger partial charge in [-0.2, -0.15) is 0 Å². The number of anilines is 1. The van der Waals surface area contributed by atoms with Crippen LogP contribution in [0.5, 0.6) is 0 Å². The van der Waals surface area contributed by atoms with Crippen molar-refractivity contribution >= 4 is 17.6 Å². The van der Waals surface area contributed by atoms with Gasteiger partial charge in [-0.1, -0.05) is 12.1 Å². The number of nitrogens with zero attached hydrogens (tertiary/aromatic N) is 3. The van der Waals surface area contributed by atoms with Gasteiger partial charge in [0.25, 0.3) is 0 Å². The molecule has 2 atom stereocenters. The average molecular weight is 314 g/mol. The summed E-state index contributed by atoms with van der Waals surface area (Å²) in [7, 11) is 1.85. The third-order valence-electron chi connectivity index (χ3n) is 4.25. The average Bonchev–Trinajstić information content (AvgIpc) is 3.16. The molecule has 2 N–H and O–H groups in total. The summed E-state index contributed by atoms with van der Waals surface area (Å²) in [4.78, 5) is 23.3. The Morgan fingerprint density at radius 3 is 2.74 bits per heavy atom. The summed E-state index contributed by atoms with van der Waals surface area (Å²) in [5, 5.41) is 19.8. The van der Waals surface area contributed by atoms with E-state index in [9.17, 15) is 9.59 Å². The van der Waals surface area contributed by atoms with Crippen LogP contribution in [0.25, 0.3) is 11.4 Å². The van der Waals surface area contributed by atoms with Crippen molar-refractivity contribution in [2.75, 3.05) is 5.32 Å². The lowest BCUT2D eigenvalue weighted by Gasteiger charge is -2.11. The zero-order valence-electron chi connectivity index (χ0n) is 12.8. The van der Waals surface area contributed by atoms with Crippen molar-refractivity contribution in [3.05, 3.63) is 30.6 Å². The molecule has 1 heterocycles. The molecule has 1 aromatic heterocycles. The Bertz CT molecular complexity index is 740. The van der Waals surface area contributed by atoms with E-state index in [0.717, 1.165) is 5.56 Å². The minimum absolute atomic E-state index is 0.121. The number of hydrogen-bond acceptors (Lipinski definition) is 4. The van der Waals surface area contributed by atoms with Gasteiger partial charge in [0.2, 0.25) is 5.91 Å². The van der Waals surface area contributed by atoms with Crippen LogP contribution < -0.4 is 5.32 Å². The molecule has 1 aromatic carbocycles. The van der Waals surface area contributed by atoms with Crippen LogP contribution in [-0.4, -0.2) is 31.7 Å². The molecule has 0 radical (unpaired) electrons. The maximum Gasteiger partial charge on any atom is 0.306 e. The highest BCUT2D eigenvalue weighted by Crippen LogP contribution is 2.32. The smallest absolute Gasteiger partial charge is 0.306 e. The van der Waals surface area contributed by atoms with Crippen molar-refractivity contribution in [2.45, 2.75) is 19.3 Å². The number of aryl methyl sites for hydroxylation is 1. The molecule has 0 unspecified atom stereocenters. The summed E-state index contributed by atoms with van der Waals surface area (Å²) in [5.41, 5.74) is 1.53. The van der Waals surface area contributed by atoms with E-state index >= 15 is 0 Å². The van der Waals surface area contributed by atoms with Crippen molar-refractivity contribution in [1.29, 1.82) is 0 Å². The number of rotatable bonds is 4. The van der Waals surface area contributed by atoms with E-state index in [2.05, 4.69) is 15.5 Å². The van der Waals surface area contributed by atoms with E-state index < -0.39 is 11.9 Å². The highest BCUT2D eigenvalue weighted by atomic mass is 16.4. The number of aromatic nitrogens is 3. The molecule has 3 rings (SSSR count). The van der Waals surface area contributed by atoms with Crippen LogP contribution in [0.4, 0.5) is 5.69 Å². The molecule has 0 spiro atoms. The minimum atomic E-state index is -0.815. The van der Waals surface area contributed by atoms with Crippen LogP contribution in [0.15, 0.2) is 30.6 Å². The molecule has 120 valence electrons. The molecule has 1 aliphatic rings. The molecule has 7 heteroatoms. The molecular weight excluding hydrogens is 296 g/mol. The van der Waals surface area contributed by atoms with Crippen molar-refractivity contribution in [3.63, 3.8) is 0 Å². The number of hydrogen-bond donors (Lipinski definition) is 2. The predicted octanol–water partition coefficient (Wildman–Crippen LogP) is 1.92. The summed E-state index contributed by atoms with van der Waals surface area (Å²) < 4.78 is 1.80. The molecule has 2 aromatic rings. The highest BCUT2D eigenvalue weighted by molar-refractivity contribution is 5.93. The second-order valence-corrected chi connectivity index (χ2v) is 5.88. The van der Waals surface area contributed by atoms with Gasteiger partial charge in [0, 0.05) is 24.2 Å². The molecule has 1 fully saturated rings. The summed E-state index contributed by atoms with van der Waals surface area (Å²) in [6, 6.07) is 7.39. The van der Waals surface area contributed by atoms with E-state index in [0.29, 0.717) is 30.8 Å². The third-order valence-corrected chi connectivity index (χ3v) is 4.25. The Kier molecular flexibility index (Phi) is 4.10. The zero-order valence-corrected chi connectivity index (χ0v) is 12.8.